The normalized spacial score (nSPS) is 33.0. The van der Waals surface area contributed by atoms with Gasteiger partial charge in [0.2, 0.25) is 0 Å². The van der Waals surface area contributed by atoms with Gasteiger partial charge in [0.1, 0.15) is 5.78 Å². The van der Waals surface area contributed by atoms with Crippen LogP contribution in [0.15, 0.2) is 11.6 Å². The lowest BCUT2D eigenvalue weighted by Crippen LogP contribution is -2.23. The van der Waals surface area contributed by atoms with Crippen LogP contribution in [0.5, 0.6) is 0 Å². The highest BCUT2D eigenvalue weighted by atomic mass is 16.1. The number of rotatable bonds is 3. The Hall–Kier alpha value is -0.590. The van der Waals surface area contributed by atoms with Crippen molar-refractivity contribution < 1.29 is 4.79 Å². The van der Waals surface area contributed by atoms with Crippen LogP contribution in [0.1, 0.15) is 52.9 Å². The molecule has 0 aromatic carbocycles. The number of fused-ring (bicyclic) bond motifs is 1. The zero-order valence-corrected chi connectivity index (χ0v) is 10.2. The lowest BCUT2D eigenvalue weighted by atomic mass is 9.74. The maximum atomic E-state index is 11.7. The summed E-state index contributed by atoms with van der Waals surface area (Å²) in [7, 11) is 0. The molecule has 1 fully saturated rings. The van der Waals surface area contributed by atoms with Crippen molar-refractivity contribution in [2.24, 2.45) is 17.3 Å². The minimum absolute atomic E-state index is 0.270. The summed E-state index contributed by atoms with van der Waals surface area (Å²) in [5.41, 5.74) is 1.83. The maximum absolute atomic E-state index is 11.7. The van der Waals surface area contributed by atoms with E-state index < -0.39 is 0 Å². The van der Waals surface area contributed by atoms with Crippen molar-refractivity contribution >= 4 is 5.78 Å². The van der Waals surface area contributed by atoms with Gasteiger partial charge in [0.15, 0.2) is 0 Å². The Morgan fingerprint density at radius 2 is 2.20 bits per heavy atom. The van der Waals surface area contributed by atoms with E-state index in [2.05, 4.69) is 26.8 Å². The highest BCUT2D eigenvalue weighted by Gasteiger charge is 2.48. The van der Waals surface area contributed by atoms with Gasteiger partial charge in [0.25, 0.3) is 0 Å². The molecule has 0 bridgehead atoms. The summed E-state index contributed by atoms with van der Waals surface area (Å²) in [6.45, 7) is 6.89. The van der Waals surface area contributed by atoms with E-state index in [4.69, 9.17) is 0 Å². The molecule has 2 atom stereocenters. The monoisotopic (exact) mass is 206 g/mol. The molecule has 84 valence electrons. The highest BCUT2D eigenvalue weighted by molar-refractivity contribution is 5.86. The smallest absolute Gasteiger partial charge is 0.140 e. The molecular formula is C14H22O. The van der Waals surface area contributed by atoms with E-state index in [-0.39, 0.29) is 11.3 Å². The van der Waals surface area contributed by atoms with Crippen molar-refractivity contribution in [3.05, 3.63) is 11.6 Å². The standard InChI is InChI=1S/C14H22O/c1-4-5-6-10-9-11-12(14(10,2)3)7-8-13(11)15/h9,11-12H,4-8H2,1-3H3. The van der Waals surface area contributed by atoms with E-state index in [1.165, 1.54) is 19.3 Å². The Kier molecular flexibility index (Phi) is 2.74. The minimum Gasteiger partial charge on any atom is -0.299 e. The summed E-state index contributed by atoms with van der Waals surface area (Å²) in [6, 6.07) is 0. The van der Waals surface area contributed by atoms with E-state index in [9.17, 15) is 4.79 Å². The molecule has 2 rings (SSSR count). The Labute approximate surface area is 92.9 Å². The highest BCUT2D eigenvalue weighted by Crippen LogP contribution is 2.53. The first-order valence-corrected chi connectivity index (χ1v) is 6.31. The van der Waals surface area contributed by atoms with Gasteiger partial charge in [-0.05, 0) is 30.6 Å². The van der Waals surface area contributed by atoms with E-state index in [0.29, 0.717) is 11.7 Å². The number of unbranched alkanes of at least 4 members (excludes halogenated alkanes) is 1. The summed E-state index contributed by atoms with van der Waals surface area (Å²) >= 11 is 0. The van der Waals surface area contributed by atoms with Crippen molar-refractivity contribution in [3.8, 4) is 0 Å². The van der Waals surface area contributed by atoms with Crippen LogP contribution >= 0.6 is 0 Å². The van der Waals surface area contributed by atoms with Gasteiger partial charge in [-0.1, -0.05) is 38.8 Å². The van der Waals surface area contributed by atoms with Crippen molar-refractivity contribution in [2.45, 2.75) is 52.9 Å². The third kappa shape index (κ3) is 1.66. The zero-order valence-electron chi connectivity index (χ0n) is 10.2. The Morgan fingerprint density at radius 1 is 1.47 bits per heavy atom. The average molecular weight is 206 g/mol. The fourth-order valence-electron chi connectivity index (χ4n) is 3.33. The van der Waals surface area contributed by atoms with Gasteiger partial charge in [-0.15, -0.1) is 0 Å². The van der Waals surface area contributed by atoms with Gasteiger partial charge in [-0.2, -0.15) is 0 Å². The van der Waals surface area contributed by atoms with Crippen LogP contribution in [0, 0.1) is 17.3 Å². The molecule has 2 unspecified atom stereocenters. The van der Waals surface area contributed by atoms with E-state index in [1.54, 1.807) is 5.57 Å². The van der Waals surface area contributed by atoms with Crippen LogP contribution < -0.4 is 0 Å². The molecule has 0 heterocycles. The molecule has 0 radical (unpaired) electrons. The van der Waals surface area contributed by atoms with Crippen molar-refractivity contribution in [1.82, 2.24) is 0 Å². The number of carbonyl (C=O) groups is 1. The lowest BCUT2D eigenvalue weighted by molar-refractivity contribution is -0.120. The van der Waals surface area contributed by atoms with Crippen LogP contribution in [0.2, 0.25) is 0 Å². The van der Waals surface area contributed by atoms with Gasteiger partial charge in [-0.3, -0.25) is 4.79 Å². The van der Waals surface area contributed by atoms with E-state index in [1.807, 2.05) is 0 Å². The van der Waals surface area contributed by atoms with Crippen LogP contribution in [0.3, 0.4) is 0 Å². The second kappa shape index (κ2) is 3.77. The summed E-state index contributed by atoms with van der Waals surface area (Å²) in [4.78, 5) is 11.7. The van der Waals surface area contributed by atoms with E-state index in [0.717, 1.165) is 12.8 Å². The van der Waals surface area contributed by atoms with Crippen LogP contribution in [0.25, 0.3) is 0 Å². The third-order valence-electron chi connectivity index (χ3n) is 4.44. The molecule has 1 heteroatoms. The van der Waals surface area contributed by atoms with Crippen molar-refractivity contribution in [1.29, 1.82) is 0 Å². The predicted molar refractivity (Wildman–Crippen MR) is 62.6 cm³/mol. The topological polar surface area (TPSA) is 17.1 Å². The molecule has 1 nitrogen and oxygen atoms in total. The van der Waals surface area contributed by atoms with Gasteiger partial charge in [0.05, 0.1) is 0 Å². The molecule has 0 amide bonds. The quantitative estimate of drug-likeness (QED) is 0.643. The molecule has 0 spiro atoms. The predicted octanol–water partition coefficient (Wildman–Crippen LogP) is 3.74. The minimum atomic E-state index is 0.270. The molecule has 0 aromatic heterocycles. The van der Waals surface area contributed by atoms with Crippen LogP contribution in [0.4, 0.5) is 0 Å². The first-order valence-electron chi connectivity index (χ1n) is 6.31. The SMILES string of the molecule is CCCCC1=CC2C(=O)CCC2C1(C)C. The molecule has 2 aliphatic carbocycles. The number of allylic oxidation sites excluding steroid dienone is 2. The fraction of sp³-hybridized carbons (Fsp3) is 0.786. The van der Waals surface area contributed by atoms with Gasteiger partial charge >= 0.3 is 0 Å². The number of ketones is 1. The number of Topliss-reactive ketones (excluding diaryl/α,β-unsaturated/α-hetero) is 1. The fourth-order valence-corrected chi connectivity index (χ4v) is 3.33. The molecule has 0 aromatic rings. The third-order valence-corrected chi connectivity index (χ3v) is 4.44. The molecule has 0 N–H and O–H groups in total. The second-order valence-electron chi connectivity index (χ2n) is 5.65. The molecule has 15 heavy (non-hydrogen) atoms. The Balaban J connectivity index is 2.17. The lowest BCUT2D eigenvalue weighted by Gasteiger charge is -2.30. The molecule has 2 aliphatic rings. The molecule has 0 aliphatic heterocycles. The molecular weight excluding hydrogens is 184 g/mol. The van der Waals surface area contributed by atoms with Crippen LogP contribution in [-0.4, -0.2) is 5.78 Å². The number of hydrogen-bond donors (Lipinski definition) is 0. The largest absolute Gasteiger partial charge is 0.299 e. The average Bonchev–Trinajstić information content (AvgIpc) is 2.65. The zero-order chi connectivity index (χ0) is 11.1. The van der Waals surface area contributed by atoms with Gasteiger partial charge in [-0.25, -0.2) is 0 Å². The molecule has 0 saturated heterocycles. The maximum Gasteiger partial charge on any atom is 0.140 e. The first kappa shape index (κ1) is 10.9. The van der Waals surface area contributed by atoms with Gasteiger partial charge in [0, 0.05) is 12.3 Å². The summed E-state index contributed by atoms with van der Waals surface area (Å²) in [5, 5.41) is 0. The summed E-state index contributed by atoms with van der Waals surface area (Å²) in [5.74, 6) is 1.36. The Morgan fingerprint density at radius 3 is 2.80 bits per heavy atom. The molecule has 1 saturated carbocycles. The first-order chi connectivity index (χ1) is 7.07. The Bertz CT molecular complexity index is 298. The summed E-state index contributed by atoms with van der Waals surface area (Å²) in [6.07, 6.45) is 7.94. The van der Waals surface area contributed by atoms with Gasteiger partial charge < -0.3 is 0 Å². The van der Waals surface area contributed by atoms with E-state index >= 15 is 0 Å². The van der Waals surface area contributed by atoms with Crippen molar-refractivity contribution in [3.63, 3.8) is 0 Å². The number of hydrogen-bond acceptors (Lipinski definition) is 1. The number of carbonyl (C=O) groups excluding carboxylic acids is 1. The second-order valence-corrected chi connectivity index (χ2v) is 5.65. The van der Waals surface area contributed by atoms with Crippen molar-refractivity contribution in [2.75, 3.05) is 0 Å². The van der Waals surface area contributed by atoms with Crippen LogP contribution in [-0.2, 0) is 4.79 Å². The summed E-state index contributed by atoms with van der Waals surface area (Å²) < 4.78 is 0.